The molecule has 13 heavy (non-hydrogen) atoms. The Kier molecular flexibility index (Phi) is 6.97. The fourth-order valence-corrected chi connectivity index (χ4v) is 1.71. The Morgan fingerprint density at radius 1 is 1.23 bits per heavy atom. The molecule has 1 heteroatoms. The lowest BCUT2D eigenvalue weighted by molar-refractivity contribution is 0.360. The second kappa shape index (κ2) is 7.14. The van der Waals surface area contributed by atoms with E-state index in [4.69, 9.17) is 5.73 Å². The number of allylic oxidation sites excluding steroid dienone is 1. The zero-order valence-electron chi connectivity index (χ0n) is 9.42. The molecule has 0 fully saturated rings. The maximum atomic E-state index is 5.73. The van der Waals surface area contributed by atoms with E-state index in [1.807, 2.05) is 0 Å². The first kappa shape index (κ1) is 12.7. The molecule has 1 nitrogen and oxygen atoms in total. The summed E-state index contributed by atoms with van der Waals surface area (Å²) in [5.74, 6) is 1.42. The minimum atomic E-state index is 0.342. The molecule has 0 aliphatic carbocycles. The van der Waals surface area contributed by atoms with Gasteiger partial charge in [-0.25, -0.2) is 0 Å². The minimum Gasteiger partial charge on any atom is -0.328 e. The van der Waals surface area contributed by atoms with E-state index in [9.17, 15) is 0 Å². The summed E-state index contributed by atoms with van der Waals surface area (Å²) in [6.45, 7) is 10.5. The van der Waals surface area contributed by atoms with Crippen molar-refractivity contribution in [1.29, 1.82) is 0 Å². The fraction of sp³-hybridized carbons (Fsp3) is 0.833. The van der Waals surface area contributed by atoms with Crippen molar-refractivity contribution in [3.8, 4) is 0 Å². The average Bonchev–Trinajstić information content (AvgIpc) is 2.10. The van der Waals surface area contributed by atoms with E-state index in [2.05, 4.69) is 33.4 Å². The van der Waals surface area contributed by atoms with Crippen molar-refractivity contribution in [3.05, 3.63) is 12.7 Å². The molecule has 3 unspecified atom stereocenters. The van der Waals surface area contributed by atoms with Gasteiger partial charge in [-0.2, -0.15) is 0 Å². The molecule has 0 saturated heterocycles. The quantitative estimate of drug-likeness (QED) is 0.602. The van der Waals surface area contributed by atoms with Crippen molar-refractivity contribution in [2.45, 2.75) is 52.5 Å². The molecule has 3 atom stereocenters. The third-order valence-corrected chi connectivity index (χ3v) is 2.73. The Bertz CT molecular complexity index is 129. The van der Waals surface area contributed by atoms with E-state index in [1.54, 1.807) is 0 Å². The molecule has 0 amide bonds. The number of hydrogen-bond donors (Lipinski definition) is 1. The van der Waals surface area contributed by atoms with Crippen LogP contribution in [-0.4, -0.2) is 6.04 Å². The molecule has 0 rings (SSSR count). The molecule has 2 N–H and O–H groups in total. The lowest BCUT2D eigenvalue weighted by Crippen LogP contribution is -2.18. The van der Waals surface area contributed by atoms with Crippen LogP contribution in [0.15, 0.2) is 12.7 Å². The van der Waals surface area contributed by atoms with Crippen LogP contribution in [0.25, 0.3) is 0 Å². The average molecular weight is 183 g/mol. The summed E-state index contributed by atoms with van der Waals surface area (Å²) in [6.07, 6.45) is 6.99. The van der Waals surface area contributed by atoms with E-state index in [1.165, 1.54) is 19.3 Å². The molecule has 0 aliphatic heterocycles. The molecule has 0 saturated carbocycles. The Morgan fingerprint density at radius 3 is 2.23 bits per heavy atom. The predicted molar refractivity (Wildman–Crippen MR) is 60.6 cm³/mol. The first-order chi connectivity index (χ1) is 6.11. The molecule has 0 spiro atoms. The summed E-state index contributed by atoms with van der Waals surface area (Å²) < 4.78 is 0. The van der Waals surface area contributed by atoms with Crippen LogP contribution in [0.4, 0.5) is 0 Å². The van der Waals surface area contributed by atoms with Crippen LogP contribution in [0, 0.1) is 11.8 Å². The lowest BCUT2D eigenvalue weighted by atomic mass is 9.86. The second-order valence-corrected chi connectivity index (χ2v) is 4.22. The van der Waals surface area contributed by atoms with Gasteiger partial charge in [0, 0.05) is 6.04 Å². The Labute approximate surface area is 83.4 Å². The molecule has 78 valence electrons. The van der Waals surface area contributed by atoms with E-state index < -0.39 is 0 Å². The first-order valence-electron chi connectivity index (χ1n) is 5.49. The fourth-order valence-electron chi connectivity index (χ4n) is 1.71. The molecule has 0 aromatic carbocycles. The van der Waals surface area contributed by atoms with Gasteiger partial charge in [0.2, 0.25) is 0 Å². The maximum Gasteiger partial charge on any atom is 0.00105 e. The van der Waals surface area contributed by atoms with Crippen molar-refractivity contribution in [3.63, 3.8) is 0 Å². The van der Waals surface area contributed by atoms with Crippen molar-refractivity contribution < 1.29 is 0 Å². The van der Waals surface area contributed by atoms with Gasteiger partial charge in [0.05, 0.1) is 0 Å². The molecular formula is C12H25N. The minimum absolute atomic E-state index is 0.342. The van der Waals surface area contributed by atoms with Crippen molar-refractivity contribution in [2.75, 3.05) is 0 Å². The van der Waals surface area contributed by atoms with E-state index in [0.717, 1.165) is 12.3 Å². The van der Waals surface area contributed by atoms with Crippen molar-refractivity contribution in [1.82, 2.24) is 0 Å². The van der Waals surface area contributed by atoms with Gasteiger partial charge >= 0.3 is 0 Å². The molecule has 0 aromatic heterocycles. The van der Waals surface area contributed by atoms with Crippen LogP contribution in [0.2, 0.25) is 0 Å². The van der Waals surface area contributed by atoms with Gasteiger partial charge in [0.25, 0.3) is 0 Å². The molecule has 0 heterocycles. The summed E-state index contributed by atoms with van der Waals surface area (Å²) in [4.78, 5) is 0. The monoisotopic (exact) mass is 183 g/mol. The largest absolute Gasteiger partial charge is 0.328 e. The van der Waals surface area contributed by atoms with Gasteiger partial charge in [0.1, 0.15) is 0 Å². The third kappa shape index (κ3) is 5.87. The Morgan fingerprint density at radius 2 is 1.85 bits per heavy atom. The van der Waals surface area contributed by atoms with Crippen molar-refractivity contribution >= 4 is 0 Å². The molecular weight excluding hydrogens is 158 g/mol. The van der Waals surface area contributed by atoms with E-state index >= 15 is 0 Å². The SMILES string of the molecule is C=CC(CCC)C(C)CCC(C)N. The standard InChI is InChI=1S/C12H25N/c1-5-7-12(6-2)10(3)8-9-11(4)13/h6,10-12H,2,5,7-9,13H2,1,3-4H3. The van der Waals surface area contributed by atoms with Gasteiger partial charge < -0.3 is 5.73 Å². The molecule has 0 aliphatic rings. The molecule has 0 bridgehead atoms. The van der Waals surface area contributed by atoms with Gasteiger partial charge in [-0.3, -0.25) is 0 Å². The van der Waals surface area contributed by atoms with Gasteiger partial charge in [0.15, 0.2) is 0 Å². The van der Waals surface area contributed by atoms with Crippen LogP contribution in [0.1, 0.15) is 46.5 Å². The van der Waals surface area contributed by atoms with Gasteiger partial charge in [-0.1, -0.05) is 26.3 Å². The zero-order chi connectivity index (χ0) is 10.3. The Hall–Kier alpha value is -0.300. The summed E-state index contributed by atoms with van der Waals surface area (Å²) >= 11 is 0. The summed E-state index contributed by atoms with van der Waals surface area (Å²) in [5, 5.41) is 0. The predicted octanol–water partition coefficient (Wildman–Crippen LogP) is 3.35. The summed E-state index contributed by atoms with van der Waals surface area (Å²) in [5.41, 5.74) is 5.73. The highest BCUT2D eigenvalue weighted by atomic mass is 14.6. The zero-order valence-corrected chi connectivity index (χ0v) is 9.42. The molecule has 0 radical (unpaired) electrons. The van der Waals surface area contributed by atoms with Gasteiger partial charge in [-0.15, -0.1) is 6.58 Å². The smallest absolute Gasteiger partial charge is 0.00105 e. The normalized spacial score (nSPS) is 17.8. The second-order valence-electron chi connectivity index (χ2n) is 4.22. The van der Waals surface area contributed by atoms with E-state index in [0.29, 0.717) is 12.0 Å². The van der Waals surface area contributed by atoms with Crippen molar-refractivity contribution in [2.24, 2.45) is 17.6 Å². The van der Waals surface area contributed by atoms with Crippen LogP contribution in [0.5, 0.6) is 0 Å². The van der Waals surface area contributed by atoms with Gasteiger partial charge in [-0.05, 0) is 38.0 Å². The highest BCUT2D eigenvalue weighted by Gasteiger charge is 2.12. The number of rotatable bonds is 7. The van der Waals surface area contributed by atoms with Crippen LogP contribution in [0.3, 0.4) is 0 Å². The summed E-state index contributed by atoms with van der Waals surface area (Å²) in [7, 11) is 0. The first-order valence-corrected chi connectivity index (χ1v) is 5.49. The summed E-state index contributed by atoms with van der Waals surface area (Å²) in [6, 6.07) is 0.342. The molecule has 0 aromatic rings. The third-order valence-electron chi connectivity index (χ3n) is 2.73. The Balaban J connectivity index is 3.76. The highest BCUT2D eigenvalue weighted by Crippen LogP contribution is 2.23. The number of hydrogen-bond acceptors (Lipinski definition) is 1. The maximum absolute atomic E-state index is 5.73. The lowest BCUT2D eigenvalue weighted by Gasteiger charge is -2.20. The van der Waals surface area contributed by atoms with E-state index in [-0.39, 0.29) is 0 Å². The number of nitrogens with two attached hydrogens (primary N) is 1. The van der Waals surface area contributed by atoms with Crippen LogP contribution >= 0.6 is 0 Å². The van der Waals surface area contributed by atoms with Crippen LogP contribution in [-0.2, 0) is 0 Å². The topological polar surface area (TPSA) is 26.0 Å². The van der Waals surface area contributed by atoms with Crippen LogP contribution < -0.4 is 5.73 Å². The highest BCUT2D eigenvalue weighted by molar-refractivity contribution is 4.82.